The first kappa shape index (κ1) is 18.8. The third-order valence-electron chi connectivity index (χ3n) is 4.23. The Morgan fingerprint density at radius 2 is 1.43 bits per heavy atom. The van der Waals surface area contributed by atoms with Crippen LogP contribution in [0, 0.1) is 0 Å². The standard InChI is InChI=1S/C22H16Cl2N2OS/c1-27-20-12-2-15(3-13-20)21-14-28-22(25-18-8-4-16(23)5-9-18)26(21)19-10-6-17(24)7-11-19/h2-14H,1H3. The van der Waals surface area contributed by atoms with Gasteiger partial charge in [0.25, 0.3) is 0 Å². The second kappa shape index (κ2) is 8.23. The highest BCUT2D eigenvalue weighted by atomic mass is 35.5. The Morgan fingerprint density at radius 1 is 0.821 bits per heavy atom. The monoisotopic (exact) mass is 426 g/mol. The van der Waals surface area contributed by atoms with Crippen molar-refractivity contribution >= 4 is 40.2 Å². The Kier molecular flexibility index (Phi) is 5.53. The van der Waals surface area contributed by atoms with Crippen LogP contribution in [0.25, 0.3) is 16.9 Å². The zero-order valence-electron chi connectivity index (χ0n) is 15.0. The first-order chi connectivity index (χ1) is 13.6. The van der Waals surface area contributed by atoms with Gasteiger partial charge in [0.15, 0.2) is 4.80 Å². The molecule has 0 saturated carbocycles. The van der Waals surface area contributed by atoms with E-state index in [4.69, 9.17) is 32.9 Å². The van der Waals surface area contributed by atoms with E-state index in [1.807, 2.05) is 72.8 Å². The van der Waals surface area contributed by atoms with E-state index in [9.17, 15) is 0 Å². The van der Waals surface area contributed by atoms with Gasteiger partial charge in [0.05, 0.1) is 18.5 Å². The van der Waals surface area contributed by atoms with Crippen molar-refractivity contribution in [2.24, 2.45) is 4.99 Å². The predicted molar refractivity (Wildman–Crippen MR) is 117 cm³/mol. The predicted octanol–water partition coefficient (Wildman–Crippen LogP) is 6.75. The summed E-state index contributed by atoms with van der Waals surface area (Å²) in [4.78, 5) is 5.68. The Balaban J connectivity index is 1.90. The molecule has 4 rings (SSSR count). The molecule has 0 saturated heterocycles. The van der Waals surface area contributed by atoms with Crippen molar-refractivity contribution in [2.45, 2.75) is 0 Å². The lowest BCUT2D eigenvalue weighted by atomic mass is 10.1. The van der Waals surface area contributed by atoms with Crippen LogP contribution in [0.2, 0.25) is 10.0 Å². The molecule has 3 nitrogen and oxygen atoms in total. The average Bonchev–Trinajstić information content (AvgIpc) is 3.14. The van der Waals surface area contributed by atoms with Crippen molar-refractivity contribution in [1.29, 1.82) is 0 Å². The van der Waals surface area contributed by atoms with Crippen LogP contribution < -0.4 is 9.54 Å². The van der Waals surface area contributed by atoms with Crippen LogP contribution >= 0.6 is 34.5 Å². The van der Waals surface area contributed by atoms with Crippen LogP contribution in [-0.4, -0.2) is 11.7 Å². The van der Waals surface area contributed by atoms with Crippen LogP contribution in [0.5, 0.6) is 5.75 Å². The van der Waals surface area contributed by atoms with Crippen molar-refractivity contribution in [3.63, 3.8) is 0 Å². The highest BCUT2D eigenvalue weighted by molar-refractivity contribution is 7.07. The van der Waals surface area contributed by atoms with Gasteiger partial charge in [0, 0.05) is 21.1 Å². The largest absolute Gasteiger partial charge is 0.497 e. The van der Waals surface area contributed by atoms with Gasteiger partial charge in [0.2, 0.25) is 0 Å². The lowest BCUT2D eigenvalue weighted by Gasteiger charge is -2.10. The molecule has 0 radical (unpaired) electrons. The van der Waals surface area contributed by atoms with Gasteiger partial charge in [-0.1, -0.05) is 23.2 Å². The van der Waals surface area contributed by atoms with E-state index in [2.05, 4.69) is 9.95 Å². The first-order valence-electron chi connectivity index (χ1n) is 8.55. The minimum Gasteiger partial charge on any atom is -0.497 e. The van der Waals surface area contributed by atoms with Crippen LogP contribution in [0.3, 0.4) is 0 Å². The lowest BCUT2D eigenvalue weighted by molar-refractivity contribution is 0.415. The van der Waals surface area contributed by atoms with E-state index in [-0.39, 0.29) is 0 Å². The normalized spacial score (nSPS) is 11.6. The third kappa shape index (κ3) is 3.99. The van der Waals surface area contributed by atoms with Gasteiger partial charge >= 0.3 is 0 Å². The molecule has 0 unspecified atom stereocenters. The highest BCUT2D eigenvalue weighted by Crippen LogP contribution is 2.27. The summed E-state index contributed by atoms with van der Waals surface area (Å²) >= 11 is 13.7. The molecule has 6 heteroatoms. The van der Waals surface area contributed by atoms with Gasteiger partial charge in [-0.05, 0) is 78.4 Å². The molecule has 0 fully saturated rings. The second-order valence-corrected chi connectivity index (χ2v) is 7.74. The van der Waals surface area contributed by atoms with Crippen LogP contribution in [0.1, 0.15) is 0 Å². The molecule has 0 aliphatic heterocycles. The second-order valence-electron chi connectivity index (χ2n) is 6.03. The fourth-order valence-corrected chi connectivity index (χ4v) is 4.00. The van der Waals surface area contributed by atoms with E-state index in [1.54, 1.807) is 18.4 Å². The lowest BCUT2D eigenvalue weighted by Crippen LogP contribution is -2.13. The van der Waals surface area contributed by atoms with Gasteiger partial charge in [-0.25, -0.2) is 4.99 Å². The fraction of sp³-hybridized carbons (Fsp3) is 0.0455. The molecule has 0 bridgehead atoms. The molecule has 0 atom stereocenters. The zero-order valence-corrected chi connectivity index (χ0v) is 17.3. The number of rotatable bonds is 4. The Labute approximate surface area is 177 Å². The topological polar surface area (TPSA) is 26.5 Å². The number of aromatic nitrogens is 1. The molecule has 0 N–H and O–H groups in total. The molecule has 0 aliphatic carbocycles. The van der Waals surface area contributed by atoms with E-state index in [0.717, 1.165) is 33.2 Å². The molecular weight excluding hydrogens is 411 g/mol. The average molecular weight is 427 g/mol. The summed E-state index contributed by atoms with van der Waals surface area (Å²) in [5.74, 6) is 0.822. The Bertz CT molecular complexity index is 1150. The molecule has 4 aromatic rings. The Morgan fingerprint density at radius 3 is 2.04 bits per heavy atom. The maximum absolute atomic E-state index is 6.09. The van der Waals surface area contributed by atoms with E-state index < -0.39 is 0 Å². The minimum absolute atomic E-state index is 0.689. The summed E-state index contributed by atoms with van der Waals surface area (Å²) in [6, 6.07) is 23.2. The van der Waals surface area contributed by atoms with E-state index >= 15 is 0 Å². The maximum atomic E-state index is 6.09. The number of hydrogen-bond donors (Lipinski definition) is 0. The van der Waals surface area contributed by atoms with Crippen molar-refractivity contribution in [1.82, 2.24) is 4.57 Å². The number of ether oxygens (including phenoxy) is 1. The van der Waals surface area contributed by atoms with Crippen LogP contribution in [0.15, 0.2) is 83.2 Å². The quantitative estimate of drug-likeness (QED) is 0.354. The Hall–Kier alpha value is -2.53. The summed E-state index contributed by atoms with van der Waals surface area (Å²) in [6.45, 7) is 0. The highest BCUT2D eigenvalue weighted by Gasteiger charge is 2.11. The zero-order chi connectivity index (χ0) is 19.5. The van der Waals surface area contributed by atoms with Gasteiger partial charge in [-0.15, -0.1) is 11.3 Å². The number of hydrogen-bond acceptors (Lipinski definition) is 3. The summed E-state index contributed by atoms with van der Waals surface area (Å²) in [6.07, 6.45) is 0. The van der Waals surface area contributed by atoms with E-state index in [1.165, 1.54) is 0 Å². The van der Waals surface area contributed by atoms with E-state index in [0.29, 0.717) is 10.0 Å². The van der Waals surface area contributed by atoms with Crippen molar-refractivity contribution in [3.8, 4) is 22.7 Å². The molecular formula is C22H16Cl2N2OS. The number of nitrogens with zero attached hydrogens (tertiary/aromatic N) is 2. The molecule has 1 aromatic heterocycles. The molecule has 28 heavy (non-hydrogen) atoms. The first-order valence-corrected chi connectivity index (χ1v) is 10.2. The SMILES string of the molecule is COc1ccc(-c2csc(=Nc3ccc(Cl)cc3)n2-c2ccc(Cl)cc2)cc1. The van der Waals surface area contributed by atoms with Gasteiger partial charge in [0.1, 0.15) is 5.75 Å². The molecule has 140 valence electrons. The van der Waals surface area contributed by atoms with Crippen molar-refractivity contribution in [2.75, 3.05) is 7.11 Å². The van der Waals surface area contributed by atoms with Crippen molar-refractivity contribution in [3.05, 3.63) is 93.0 Å². The number of thiazole rings is 1. The summed E-state index contributed by atoms with van der Waals surface area (Å²) in [5, 5.41) is 3.49. The summed E-state index contributed by atoms with van der Waals surface area (Å²) < 4.78 is 7.40. The molecule has 3 aromatic carbocycles. The number of halogens is 2. The maximum Gasteiger partial charge on any atom is 0.195 e. The minimum atomic E-state index is 0.689. The van der Waals surface area contributed by atoms with Gasteiger partial charge < -0.3 is 4.74 Å². The fourth-order valence-electron chi connectivity index (χ4n) is 2.82. The summed E-state index contributed by atoms with van der Waals surface area (Å²) in [7, 11) is 1.66. The summed E-state index contributed by atoms with van der Waals surface area (Å²) in [5.41, 5.74) is 3.95. The third-order valence-corrected chi connectivity index (χ3v) is 5.56. The number of methoxy groups -OCH3 is 1. The molecule has 1 heterocycles. The van der Waals surface area contributed by atoms with Gasteiger partial charge in [-0.2, -0.15) is 0 Å². The number of benzene rings is 3. The molecule has 0 amide bonds. The van der Waals surface area contributed by atoms with Crippen LogP contribution in [0.4, 0.5) is 5.69 Å². The van der Waals surface area contributed by atoms with Gasteiger partial charge in [-0.3, -0.25) is 4.57 Å². The molecule has 0 spiro atoms. The van der Waals surface area contributed by atoms with Crippen molar-refractivity contribution < 1.29 is 4.74 Å². The van der Waals surface area contributed by atoms with Crippen LogP contribution in [-0.2, 0) is 0 Å². The smallest absolute Gasteiger partial charge is 0.195 e. The molecule has 0 aliphatic rings.